The quantitative estimate of drug-likeness (QED) is 0.803. The number of hydrogen-bond acceptors (Lipinski definition) is 3. The monoisotopic (exact) mass is 394 g/mol. The van der Waals surface area contributed by atoms with Gasteiger partial charge in [0.25, 0.3) is 10.0 Å². The minimum atomic E-state index is -4.05. The van der Waals surface area contributed by atoms with Gasteiger partial charge in [0, 0.05) is 6.54 Å². The zero-order valence-corrected chi connectivity index (χ0v) is 15.3. The number of anilines is 2. The van der Waals surface area contributed by atoms with E-state index in [1.807, 2.05) is 0 Å². The Hall–Kier alpha value is -2.38. The SMILES string of the molecule is C=CC(=O)N1CCCc2cccc(S(=O)(=O)Nc3ccc(F)cc3Cl)c21. The highest BCUT2D eigenvalue weighted by Gasteiger charge is 2.29. The summed E-state index contributed by atoms with van der Waals surface area (Å²) in [5, 5.41) is -0.0580. The molecular weight excluding hydrogens is 379 g/mol. The van der Waals surface area contributed by atoms with Crippen LogP contribution in [0.15, 0.2) is 53.9 Å². The predicted octanol–water partition coefficient (Wildman–Crippen LogP) is 3.75. The Balaban J connectivity index is 2.08. The van der Waals surface area contributed by atoms with Crippen molar-refractivity contribution in [3.8, 4) is 0 Å². The van der Waals surface area contributed by atoms with Crippen LogP contribution in [0.25, 0.3) is 0 Å². The van der Waals surface area contributed by atoms with Crippen molar-refractivity contribution in [3.63, 3.8) is 0 Å². The van der Waals surface area contributed by atoms with Gasteiger partial charge in [0.05, 0.1) is 16.4 Å². The molecule has 26 heavy (non-hydrogen) atoms. The molecule has 0 aliphatic carbocycles. The van der Waals surface area contributed by atoms with Crippen LogP contribution in [-0.4, -0.2) is 20.9 Å². The first-order valence-electron chi connectivity index (χ1n) is 7.87. The van der Waals surface area contributed by atoms with Crippen LogP contribution in [0.5, 0.6) is 0 Å². The molecule has 2 aromatic carbocycles. The maximum Gasteiger partial charge on any atom is 0.264 e. The van der Waals surface area contributed by atoms with E-state index in [-0.39, 0.29) is 21.5 Å². The summed E-state index contributed by atoms with van der Waals surface area (Å²) >= 11 is 5.92. The van der Waals surface area contributed by atoms with Gasteiger partial charge >= 0.3 is 0 Å². The van der Waals surface area contributed by atoms with Crippen LogP contribution in [0.1, 0.15) is 12.0 Å². The fraction of sp³-hybridized carbons (Fsp3) is 0.167. The summed E-state index contributed by atoms with van der Waals surface area (Å²) in [6.45, 7) is 3.88. The third-order valence-corrected chi connectivity index (χ3v) is 5.80. The molecule has 1 N–H and O–H groups in total. The standard InChI is InChI=1S/C18H16ClFN2O3S/c1-2-17(23)22-10-4-6-12-5-3-7-16(18(12)22)26(24,25)21-15-9-8-13(20)11-14(15)19/h2-3,5,7-9,11,21H,1,4,6,10H2. The fourth-order valence-corrected chi connectivity index (χ4v) is 4.54. The van der Waals surface area contributed by atoms with E-state index in [2.05, 4.69) is 11.3 Å². The van der Waals surface area contributed by atoms with Gasteiger partial charge < -0.3 is 4.90 Å². The van der Waals surface area contributed by atoms with Crippen molar-refractivity contribution in [2.45, 2.75) is 17.7 Å². The van der Waals surface area contributed by atoms with E-state index in [1.54, 1.807) is 12.1 Å². The molecule has 1 amide bonds. The van der Waals surface area contributed by atoms with Crippen molar-refractivity contribution in [2.75, 3.05) is 16.2 Å². The molecule has 0 aromatic heterocycles. The number of amides is 1. The van der Waals surface area contributed by atoms with E-state index in [1.165, 1.54) is 17.0 Å². The Bertz CT molecular complexity index is 992. The highest BCUT2D eigenvalue weighted by atomic mass is 35.5. The average Bonchev–Trinajstić information content (AvgIpc) is 2.62. The molecule has 0 bridgehead atoms. The number of para-hydroxylation sites is 1. The number of hydrogen-bond donors (Lipinski definition) is 1. The van der Waals surface area contributed by atoms with Crippen molar-refractivity contribution >= 4 is 38.9 Å². The first kappa shape index (κ1) is 18.4. The van der Waals surface area contributed by atoms with Crippen molar-refractivity contribution < 1.29 is 17.6 Å². The molecule has 0 spiro atoms. The number of carbonyl (C=O) groups excluding carboxylic acids is 1. The summed E-state index contributed by atoms with van der Waals surface area (Å²) in [6, 6.07) is 8.22. The van der Waals surface area contributed by atoms with Crippen LogP contribution in [0.4, 0.5) is 15.8 Å². The number of halogens is 2. The summed E-state index contributed by atoms with van der Waals surface area (Å²) in [5.41, 5.74) is 1.16. The summed E-state index contributed by atoms with van der Waals surface area (Å²) in [4.78, 5) is 13.6. The molecule has 3 rings (SSSR count). The topological polar surface area (TPSA) is 66.5 Å². The third kappa shape index (κ3) is 3.45. The number of rotatable bonds is 4. The van der Waals surface area contributed by atoms with E-state index >= 15 is 0 Å². The lowest BCUT2D eigenvalue weighted by atomic mass is 10.0. The molecule has 8 heteroatoms. The zero-order valence-electron chi connectivity index (χ0n) is 13.7. The van der Waals surface area contributed by atoms with Crippen molar-refractivity contribution in [1.29, 1.82) is 0 Å². The number of nitrogens with zero attached hydrogens (tertiary/aromatic N) is 1. The largest absolute Gasteiger partial charge is 0.307 e. The number of benzene rings is 2. The smallest absolute Gasteiger partial charge is 0.264 e. The summed E-state index contributed by atoms with van der Waals surface area (Å²) in [7, 11) is -4.05. The van der Waals surface area contributed by atoms with E-state index in [4.69, 9.17) is 11.6 Å². The van der Waals surface area contributed by atoms with Gasteiger partial charge in [-0.15, -0.1) is 0 Å². The maximum atomic E-state index is 13.2. The first-order valence-corrected chi connectivity index (χ1v) is 9.73. The van der Waals surface area contributed by atoms with Gasteiger partial charge in [0.1, 0.15) is 10.7 Å². The third-order valence-electron chi connectivity index (χ3n) is 4.09. The molecule has 0 atom stereocenters. The molecule has 136 valence electrons. The summed E-state index contributed by atoms with van der Waals surface area (Å²) in [6.07, 6.45) is 2.55. The number of nitrogens with one attached hydrogen (secondary N) is 1. The maximum absolute atomic E-state index is 13.2. The zero-order chi connectivity index (χ0) is 18.9. The molecule has 0 saturated carbocycles. The Morgan fingerprint density at radius 3 is 2.77 bits per heavy atom. The second-order valence-electron chi connectivity index (χ2n) is 5.79. The van der Waals surface area contributed by atoms with Gasteiger partial charge in [-0.05, 0) is 48.7 Å². The van der Waals surface area contributed by atoms with Gasteiger partial charge in [-0.1, -0.05) is 30.3 Å². The fourth-order valence-electron chi connectivity index (χ4n) is 2.93. The van der Waals surface area contributed by atoms with Gasteiger partial charge in [-0.3, -0.25) is 9.52 Å². The average molecular weight is 395 g/mol. The number of sulfonamides is 1. The lowest BCUT2D eigenvalue weighted by molar-refractivity contribution is -0.114. The molecule has 1 aliphatic heterocycles. The van der Waals surface area contributed by atoms with Crippen molar-refractivity contribution in [3.05, 3.63) is 65.5 Å². The van der Waals surface area contributed by atoms with Crippen LogP contribution < -0.4 is 9.62 Å². The molecule has 1 aliphatic rings. The van der Waals surface area contributed by atoms with E-state index in [9.17, 15) is 17.6 Å². The normalized spacial score (nSPS) is 13.8. The molecule has 0 radical (unpaired) electrons. The highest BCUT2D eigenvalue weighted by Crippen LogP contribution is 2.35. The lowest BCUT2D eigenvalue weighted by Crippen LogP contribution is -2.35. The summed E-state index contributed by atoms with van der Waals surface area (Å²) < 4.78 is 41.4. The Kier molecular flexibility index (Phi) is 5.02. The molecule has 2 aromatic rings. The van der Waals surface area contributed by atoms with Crippen molar-refractivity contribution in [1.82, 2.24) is 0 Å². The van der Waals surface area contributed by atoms with Gasteiger partial charge in [-0.2, -0.15) is 0 Å². The second-order valence-corrected chi connectivity index (χ2v) is 7.85. The predicted molar refractivity (Wildman–Crippen MR) is 99.5 cm³/mol. The Morgan fingerprint density at radius 2 is 2.08 bits per heavy atom. The number of fused-ring (bicyclic) bond motifs is 1. The van der Waals surface area contributed by atoms with E-state index < -0.39 is 15.8 Å². The number of aryl methyl sites for hydroxylation is 1. The molecular formula is C18H16ClFN2O3S. The lowest BCUT2D eigenvalue weighted by Gasteiger charge is -2.30. The van der Waals surface area contributed by atoms with E-state index in [0.29, 0.717) is 18.7 Å². The van der Waals surface area contributed by atoms with Gasteiger partial charge in [0.2, 0.25) is 5.91 Å². The summed E-state index contributed by atoms with van der Waals surface area (Å²) in [5.74, 6) is -0.939. The van der Waals surface area contributed by atoms with Crippen LogP contribution in [0.3, 0.4) is 0 Å². The van der Waals surface area contributed by atoms with Crippen LogP contribution in [0.2, 0.25) is 5.02 Å². The first-order chi connectivity index (χ1) is 12.3. The Labute approximate surface area is 156 Å². The highest BCUT2D eigenvalue weighted by molar-refractivity contribution is 7.93. The van der Waals surface area contributed by atoms with Gasteiger partial charge in [0.15, 0.2) is 0 Å². The molecule has 0 fully saturated rings. The van der Waals surface area contributed by atoms with Gasteiger partial charge in [-0.25, -0.2) is 12.8 Å². The minimum absolute atomic E-state index is 0.0368. The van der Waals surface area contributed by atoms with Crippen LogP contribution >= 0.6 is 11.6 Å². The molecule has 1 heterocycles. The Morgan fingerprint density at radius 1 is 1.31 bits per heavy atom. The minimum Gasteiger partial charge on any atom is -0.307 e. The van der Waals surface area contributed by atoms with E-state index in [0.717, 1.165) is 30.2 Å². The molecule has 0 unspecified atom stereocenters. The van der Waals surface area contributed by atoms with Crippen molar-refractivity contribution in [2.24, 2.45) is 0 Å². The number of carbonyl (C=O) groups is 1. The van der Waals surface area contributed by atoms with Crippen LogP contribution in [0, 0.1) is 5.82 Å². The van der Waals surface area contributed by atoms with Crippen LogP contribution in [-0.2, 0) is 21.2 Å². The molecule has 5 nitrogen and oxygen atoms in total. The second kappa shape index (κ2) is 7.09. The molecule has 0 saturated heterocycles.